The van der Waals surface area contributed by atoms with E-state index in [1.54, 1.807) is 0 Å². The summed E-state index contributed by atoms with van der Waals surface area (Å²) < 4.78 is 0. The van der Waals surface area contributed by atoms with Crippen LogP contribution in [0.25, 0.3) is 0 Å². The quantitative estimate of drug-likeness (QED) is 0.577. The first kappa shape index (κ1) is 15.9. The molecule has 0 aliphatic heterocycles. The Morgan fingerprint density at radius 2 is 1.75 bits per heavy atom. The Kier molecular flexibility index (Phi) is 10.0. The van der Waals surface area contributed by atoms with Crippen molar-refractivity contribution in [2.45, 2.75) is 71.9 Å². The van der Waals surface area contributed by atoms with Crippen molar-refractivity contribution in [3.8, 4) is 0 Å². The fourth-order valence-electron chi connectivity index (χ4n) is 1.71. The molecule has 0 amide bonds. The summed E-state index contributed by atoms with van der Waals surface area (Å²) >= 11 is 0. The second kappa shape index (κ2) is 10.1. The van der Waals surface area contributed by atoms with E-state index < -0.39 is 0 Å². The van der Waals surface area contributed by atoms with Gasteiger partial charge in [-0.2, -0.15) is 0 Å². The standard InChI is InChI=1S/C14H32N2/c1-6-7-10-14(4)15-11-8-9-12-16(5)13(2)3/h13-15H,6-12H2,1-5H3. The molecule has 0 saturated heterocycles. The maximum absolute atomic E-state index is 3.60. The molecular weight excluding hydrogens is 196 g/mol. The molecule has 98 valence electrons. The molecule has 2 heteroatoms. The number of nitrogens with zero attached hydrogens (tertiary/aromatic N) is 1. The van der Waals surface area contributed by atoms with Gasteiger partial charge in [-0.1, -0.05) is 19.8 Å². The molecule has 0 aromatic carbocycles. The third-order valence-electron chi connectivity index (χ3n) is 3.30. The van der Waals surface area contributed by atoms with Crippen molar-refractivity contribution >= 4 is 0 Å². The van der Waals surface area contributed by atoms with Gasteiger partial charge in [0, 0.05) is 12.1 Å². The minimum absolute atomic E-state index is 0.677. The van der Waals surface area contributed by atoms with Crippen LogP contribution in [0.3, 0.4) is 0 Å². The molecule has 0 saturated carbocycles. The first-order chi connectivity index (χ1) is 7.57. The van der Waals surface area contributed by atoms with Crippen LogP contribution in [0.4, 0.5) is 0 Å². The van der Waals surface area contributed by atoms with Gasteiger partial charge < -0.3 is 10.2 Å². The van der Waals surface area contributed by atoms with Gasteiger partial charge >= 0.3 is 0 Å². The summed E-state index contributed by atoms with van der Waals surface area (Å²) in [7, 11) is 2.21. The molecule has 16 heavy (non-hydrogen) atoms. The van der Waals surface area contributed by atoms with Gasteiger partial charge in [-0.25, -0.2) is 0 Å². The van der Waals surface area contributed by atoms with Gasteiger partial charge in [-0.05, 0) is 60.2 Å². The van der Waals surface area contributed by atoms with Gasteiger partial charge in [-0.15, -0.1) is 0 Å². The SMILES string of the molecule is CCCCC(C)NCCCCN(C)C(C)C. The van der Waals surface area contributed by atoms with E-state index in [1.165, 1.54) is 45.2 Å². The molecule has 0 aliphatic carbocycles. The Morgan fingerprint density at radius 1 is 1.06 bits per heavy atom. The molecule has 1 N–H and O–H groups in total. The van der Waals surface area contributed by atoms with Crippen molar-refractivity contribution in [1.29, 1.82) is 0 Å². The Morgan fingerprint density at radius 3 is 2.31 bits per heavy atom. The number of hydrogen-bond acceptors (Lipinski definition) is 2. The molecule has 0 bridgehead atoms. The van der Waals surface area contributed by atoms with Crippen LogP contribution in [0.5, 0.6) is 0 Å². The monoisotopic (exact) mass is 228 g/mol. The lowest BCUT2D eigenvalue weighted by atomic mass is 10.1. The molecule has 0 radical (unpaired) electrons. The summed E-state index contributed by atoms with van der Waals surface area (Å²) in [5.74, 6) is 0. The van der Waals surface area contributed by atoms with Crippen LogP contribution in [0.2, 0.25) is 0 Å². The van der Waals surface area contributed by atoms with Gasteiger partial charge in [0.05, 0.1) is 0 Å². The summed E-state index contributed by atoms with van der Waals surface area (Å²) in [6.07, 6.45) is 6.59. The zero-order valence-electron chi connectivity index (χ0n) is 12.1. The van der Waals surface area contributed by atoms with Crippen molar-refractivity contribution < 1.29 is 0 Å². The second-order valence-corrected chi connectivity index (χ2v) is 5.28. The van der Waals surface area contributed by atoms with E-state index in [-0.39, 0.29) is 0 Å². The van der Waals surface area contributed by atoms with Crippen molar-refractivity contribution in [3.63, 3.8) is 0 Å². The van der Waals surface area contributed by atoms with Gasteiger partial charge in [0.25, 0.3) is 0 Å². The maximum atomic E-state index is 3.60. The summed E-state index contributed by atoms with van der Waals surface area (Å²) in [5.41, 5.74) is 0. The largest absolute Gasteiger partial charge is 0.314 e. The predicted octanol–water partition coefficient (Wildman–Crippen LogP) is 3.28. The van der Waals surface area contributed by atoms with E-state index in [1.807, 2.05) is 0 Å². The first-order valence-corrected chi connectivity index (χ1v) is 7.01. The Bertz CT molecular complexity index is 146. The zero-order chi connectivity index (χ0) is 12.4. The van der Waals surface area contributed by atoms with E-state index in [0.717, 1.165) is 0 Å². The van der Waals surface area contributed by atoms with Crippen LogP contribution < -0.4 is 5.32 Å². The zero-order valence-corrected chi connectivity index (χ0v) is 12.1. The normalized spacial score (nSPS) is 13.7. The van der Waals surface area contributed by atoms with Crippen LogP contribution in [0.15, 0.2) is 0 Å². The highest BCUT2D eigenvalue weighted by Gasteiger charge is 2.02. The average Bonchev–Trinajstić information content (AvgIpc) is 2.25. The minimum atomic E-state index is 0.677. The lowest BCUT2D eigenvalue weighted by Gasteiger charge is -2.21. The molecule has 0 aromatic heterocycles. The van der Waals surface area contributed by atoms with Crippen LogP contribution >= 0.6 is 0 Å². The smallest absolute Gasteiger partial charge is 0.00387 e. The highest BCUT2D eigenvalue weighted by Crippen LogP contribution is 2.01. The molecule has 0 rings (SSSR count). The molecule has 2 nitrogen and oxygen atoms in total. The molecule has 0 aliphatic rings. The van der Waals surface area contributed by atoms with E-state index in [0.29, 0.717) is 12.1 Å². The lowest BCUT2D eigenvalue weighted by Crippen LogP contribution is -2.29. The van der Waals surface area contributed by atoms with E-state index in [9.17, 15) is 0 Å². The predicted molar refractivity (Wildman–Crippen MR) is 74.0 cm³/mol. The first-order valence-electron chi connectivity index (χ1n) is 7.01. The Hall–Kier alpha value is -0.0800. The molecule has 0 aromatic rings. The Balaban J connectivity index is 3.26. The van der Waals surface area contributed by atoms with Gasteiger partial charge in [0.15, 0.2) is 0 Å². The number of unbranched alkanes of at least 4 members (excludes halogenated alkanes) is 2. The molecule has 0 spiro atoms. The molecule has 1 atom stereocenters. The van der Waals surface area contributed by atoms with Gasteiger partial charge in [0.2, 0.25) is 0 Å². The number of rotatable bonds is 10. The van der Waals surface area contributed by atoms with Gasteiger partial charge in [0.1, 0.15) is 0 Å². The van der Waals surface area contributed by atoms with E-state index >= 15 is 0 Å². The fourth-order valence-corrected chi connectivity index (χ4v) is 1.71. The van der Waals surface area contributed by atoms with Crippen molar-refractivity contribution in [1.82, 2.24) is 10.2 Å². The number of hydrogen-bond donors (Lipinski definition) is 1. The summed E-state index contributed by atoms with van der Waals surface area (Å²) in [6, 6.07) is 1.37. The fraction of sp³-hybridized carbons (Fsp3) is 1.00. The number of nitrogens with one attached hydrogen (secondary N) is 1. The lowest BCUT2D eigenvalue weighted by molar-refractivity contribution is 0.267. The van der Waals surface area contributed by atoms with Crippen LogP contribution in [0, 0.1) is 0 Å². The Labute approximate surface area is 103 Å². The van der Waals surface area contributed by atoms with E-state index in [4.69, 9.17) is 0 Å². The third kappa shape index (κ3) is 9.17. The highest BCUT2D eigenvalue weighted by molar-refractivity contribution is 4.62. The molecular formula is C14H32N2. The van der Waals surface area contributed by atoms with Crippen LogP contribution in [0.1, 0.15) is 59.8 Å². The van der Waals surface area contributed by atoms with E-state index in [2.05, 4.69) is 45.0 Å². The summed E-state index contributed by atoms with van der Waals surface area (Å²) in [6.45, 7) is 11.5. The summed E-state index contributed by atoms with van der Waals surface area (Å²) in [5, 5.41) is 3.60. The van der Waals surface area contributed by atoms with Crippen molar-refractivity contribution in [2.24, 2.45) is 0 Å². The van der Waals surface area contributed by atoms with Gasteiger partial charge in [-0.3, -0.25) is 0 Å². The van der Waals surface area contributed by atoms with Crippen LogP contribution in [-0.2, 0) is 0 Å². The third-order valence-corrected chi connectivity index (χ3v) is 3.30. The van der Waals surface area contributed by atoms with Crippen LogP contribution in [-0.4, -0.2) is 37.1 Å². The van der Waals surface area contributed by atoms with Crippen molar-refractivity contribution in [2.75, 3.05) is 20.1 Å². The van der Waals surface area contributed by atoms with Crippen molar-refractivity contribution in [3.05, 3.63) is 0 Å². The molecule has 1 unspecified atom stereocenters. The topological polar surface area (TPSA) is 15.3 Å². The highest BCUT2D eigenvalue weighted by atomic mass is 15.1. The second-order valence-electron chi connectivity index (χ2n) is 5.28. The minimum Gasteiger partial charge on any atom is -0.314 e. The molecule has 0 heterocycles. The average molecular weight is 228 g/mol. The summed E-state index contributed by atoms with van der Waals surface area (Å²) in [4.78, 5) is 2.42. The molecule has 0 fully saturated rings. The maximum Gasteiger partial charge on any atom is 0.00387 e.